The average molecular weight is 444 g/mol. The van der Waals surface area contributed by atoms with Crippen LogP contribution in [0.15, 0.2) is 77.5 Å². The number of hydrogen-bond acceptors (Lipinski definition) is 5. The van der Waals surface area contributed by atoms with Gasteiger partial charge in [-0.3, -0.25) is 9.48 Å². The van der Waals surface area contributed by atoms with E-state index in [2.05, 4.69) is 5.10 Å². The van der Waals surface area contributed by atoms with E-state index in [1.165, 1.54) is 0 Å². The lowest BCUT2D eigenvalue weighted by molar-refractivity contribution is 0.0659. The Labute approximate surface area is 192 Å². The maximum atomic E-state index is 13.6. The maximum Gasteiger partial charge on any atom is 0.290 e. The van der Waals surface area contributed by atoms with Gasteiger partial charge in [-0.15, -0.1) is 0 Å². The molecule has 1 amide bonds. The van der Waals surface area contributed by atoms with Crippen LogP contribution in [0.5, 0.6) is 11.5 Å². The average Bonchev–Trinajstić information content (AvgIpc) is 3.55. The fourth-order valence-corrected chi connectivity index (χ4v) is 4.43. The minimum atomic E-state index is -0.262. The number of carbonyl (C=O) groups is 1. The van der Waals surface area contributed by atoms with Gasteiger partial charge in [0.05, 0.1) is 26.8 Å². The number of rotatable bonds is 6. The molecule has 5 rings (SSSR count). The van der Waals surface area contributed by atoms with Crippen molar-refractivity contribution in [3.8, 4) is 11.5 Å². The van der Waals surface area contributed by atoms with Crippen molar-refractivity contribution in [1.29, 1.82) is 0 Å². The van der Waals surface area contributed by atoms with Crippen molar-refractivity contribution in [3.05, 3.63) is 101 Å². The molecule has 0 fully saturated rings. The molecule has 0 N–H and O–H groups in total. The molecule has 1 aliphatic heterocycles. The Morgan fingerprint density at radius 1 is 1.06 bits per heavy atom. The Morgan fingerprint density at radius 2 is 1.85 bits per heavy atom. The molecule has 0 radical (unpaired) electrons. The van der Waals surface area contributed by atoms with Crippen LogP contribution in [-0.4, -0.2) is 41.4 Å². The molecule has 0 aliphatic carbocycles. The molecule has 2 aromatic carbocycles. The van der Waals surface area contributed by atoms with Crippen LogP contribution in [0.25, 0.3) is 0 Å². The van der Waals surface area contributed by atoms with E-state index in [1.54, 1.807) is 31.2 Å². The lowest BCUT2D eigenvalue weighted by Crippen LogP contribution is -2.40. The monoisotopic (exact) mass is 443 g/mol. The first kappa shape index (κ1) is 20.9. The summed E-state index contributed by atoms with van der Waals surface area (Å²) in [7, 11) is 3.26. The van der Waals surface area contributed by atoms with Crippen molar-refractivity contribution in [3.63, 3.8) is 0 Å². The molecule has 4 aromatic rings. The highest BCUT2D eigenvalue weighted by atomic mass is 16.5. The van der Waals surface area contributed by atoms with Gasteiger partial charge in [0.2, 0.25) is 0 Å². The minimum Gasteiger partial charge on any atom is -0.493 e. The Hall–Kier alpha value is -4.00. The van der Waals surface area contributed by atoms with E-state index in [0.717, 1.165) is 16.7 Å². The van der Waals surface area contributed by atoms with Crippen LogP contribution in [0.3, 0.4) is 0 Å². The van der Waals surface area contributed by atoms with Crippen molar-refractivity contribution >= 4 is 5.91 Å². The first-order valence-corrected chi connectivity index (χ1v) is 10.8. The third kappa shape index (κ3) is 3.98. The SMILES string of the molecule is COc1cc2c(cc1OC)C(c1ccccc1)N(C(=O)c1ccc(Cn3cccn3)o1)CC2. The summed E-state index contributed by atoms with van der Waals surface area (Å²) >= 11 is 0. The molecule has 0 bridgehead atoms. The van der Waals surface area contributed by atoms with Crippen LogP contribution in [-0.2, 0) is 13.0 Å². The standard InChI is InChI=1S/C26H25N3O4/c1-31-23-15-19-11-14-29(25(18-7-4-3-5-8-18)21(19)16-24(23)32-2)26(30)22-10-9-20(33-22)17-28-13-6-12-27-28/h3-10,12-13,15-16,25H,11,14,17H2,1-2H3. The van der Waals surface area contributed by atoms with Crippen LogP contribution in [0.2, 0.25) is 0 Å². The second-order valence-electron chi connectivity index (χ2n) is 7.94. The molecule has 7 heteroatoms. The van der Waals surface area contributed by atoms with Crippen molar-refractivity contribution in [2.75, 3.05) is 20.8 Å². The van der Waals surface area contributed by atoms with Crippen molar-refractivity contribution < 1.29 is 18.7 Å². The summed E-state index contributed by atoms with van der Waals surface area (Å²) in [6.45, 7) is 1.04. The van der Waals surface area contributed by atoms with Gasteiger partial charge < -0.3 is 18.8 Å². The highest BCUT2D eigenvalue weighted by Crippen LogP contribution is 2.41. The predicted octanol–water partition coefficient (Wildman–Crippen LogP) is 4.33. The summed E-state index contributed by atoms with van der Waals surface area (Å²) in [6.07, 6.45) is 4.29. The highest BCUT2D eigenvalue weighted by Gasteiger charge is 2.35. The molecule has 1 atom stereocenters. The molecule has 2 aromatic heterocycles. The van der Waals surface area contributed by atoms with E-state index >= 15 is 0 Å². The van der Waals surface area contributed by atoms with Gasteiger partial charge >= 0.3 is 0 Å². The second-order valence-corrected chi connectivity index (χ2v) is 7.94. The molecule has 168 valence electrons. The summed E-state index contributed by atoms with van der Waals surface area (Å²) in [4.78, 5) is 15.5. The summed E-state index contributed by atoms with van der Waals surface area (Å²) in [5.41, 5.74) is 3.20. The number of fused-ring (bicyclic) bond motifs is 1. The van der Waals surface area contributed by atoms with Crippen LogP contribution >= 0.6 is 0 Å². The number of aromatic nitrogens is 2. The van der Waals surface area contributed by atoms with Crippen LogP contribution in [0.1, 0.15) is 39.0 Å². The van der Waals surface area contributed by atoms with Crippen molar-refractivity contribution in [2.24, 2.45) is 0 Å². The molecule has 1 aliphatic rings. The lowest BCUT2D eigenvalue weighted by atomic mass is 9.87. The van der Waals surface area contributed by atoms with Gasteiger partial charge in [0.1, 0.15) is 5.76 Å². The number of benzene rings is 2. The smallest absolute Gasteiger partial charge is 0.290 e. The van der Waals surface area contributed by atoms with Crippen molar-refractivity contribution in [2.45, 2.75) is 19.0 Å². The Bertz CT molecular complexity index is 1250. The zero-order valence-electron chi connectivity index (χ0n) is 18.6. The van der Waals surface area contributed by atoms with Crippen molar-refractivity contribution in [1.82, 2.24) is 14.7 Å². The number of hydrogen-bond donors (Lipinski definition) is 0. The number of furan rings is 1. The highest BCUT2D eigenvalue weighted by molar-refractivity contribution is 5.92. The van der Waals surface area contributed by atoms with E-state index in [4.69, 9.17) is 13.9 Å². The van der Waals surface area contributed by atoms with E-state index < -0.39 is 0 Å². The molecule has 3 heterocycles. The van der Waals surface area contributed by atoms with Crippen LogP contribution in [0, 0.1) is 0 Å². The normalized spacial score (nSPS) is 15.2. The molecule has 0 saturated carbocycles. The van der Waals surface area contributed by atoms with E-state index in [1.807, 2.05) is 65.7 Å². The topological polar surface area (TPSA) is 69.7 Å². The maximum absolute atomic E-state index is 13.6. The lowest BCUT2D eigenvalue weighted by Gasteiger charge is -2.37. The first-order valence-electron chi connectivity index (χ1n) is 10.8. The van der Waals surface area contributed by atoms with E-state index in [-0.39, 0.29) is 11.9 Å². The molecular weight excluding hydrogens is 418 g/mol. The number of amides is 1. The Morgan fingerprint density at radius 3 is 2.58 bits per heavy atom. The molecule has 0 saturated heterocycles. The summed E-state index contributed by atoms with van der Waals surface area (Å²) in [6, 6.07) is 19.2. The Kier molecular flexibility index (Phi) is 5.60. The molecular formula is C26H25N3O4. The second kappa shape index (κ2) is 8.86. The van der Waals surface area contributed by atoms with Gasteiger partial charge in [-0.1, -0.05) is 30.3 Å². The Balaban J connectivity index is 1.52. The zero-order valence-corrected chi connectivity index (χ0v) is 18.6. The number of ether oxygens (including phenoxy) is 2. The number of nitrogens with zero attached hydrogens (tertiary/aromatic N) is 3. The van der Waals surface area contributed by atoms with E-state index in [9.17, 15) is 4.79 Å². The largest absolute Gasteiger partial charge is 0.493 e. The van der Waals surface area contributed by atoms with Gasteiger partial charge in [0.15, 0.2) is 17.3 Å². The fourth-order valence-electron chi connectivity index (χ4n) is 4.43. The predicted molar refractivity (Wildman–Crippen MR) is 123 cm³/mol. The molecule has 0 spiro atoms. The summed E-state index contributed by atoms with van der Waals surface area (Å²) in [5, 5.41) is 4.20. The number of methoxy groups -OCH3 is 2. The first-order chi connectivity index (χ1) is 16.2. The van der Waals surface area contributed by atoms with Gasteiger partial charge in [-0.25, -0.2) is 0 Å². The van der Waals surface area contributed by atoms with Gasteiger partial charge in [0.25, 0.3) is 5.91 Å². The quantitative estimate of drug-likeness (QED) is 0.444. The van der Waals surface area contributed by atoms with E-state index in [0.29, 0.717) is 42.5 Å². The number of carbonyl (C=O) groups excluding carboxylic acids is 1. The van der Waals surface area contributed by atoms with Crippen LogP contribution in [0.4, 0.5) is 0 Å². The zero-order chi connectivity index (χ0) is 22.8. The summed E-state index contributed by atoms with van der Waals surface area (Å²) in [5.74, 6) is 2.20. The molecule has 33 heavy (non-hydrogen) atoms. The molecule has 1 unspecified atom stereocenters. The fraction of sp³-hybridized carbons (Fsp3) is 0.231. The molecule has 7 nitrogen and oxygen atoms in total. The third-order valence-corrected chi connectivity index (χ3v) is 6.00. The minimum absolute atomic E-state index is 0.143. The third-order valence-electron chi connectivity index (χ3n) is 6.00. The van der Waals surface area contributed by atoms with Gasteiger partial charge in [-0.05, 0) is 53.4 Å². The van der Waals surface area contributed by atoms with Gasteiger partial charge in [-0.2, -0.15) is 5.10 Å². The van der Waals surface area contributed by atoms with Gasteiger partial charge in [0, 0.05) is 18.9 Å². The summed E-state index contributed by atoms with van der Waals surface area (Å²) < 4.78 is 18.8. The van der Waals surface area contributed by atoms with Crippen LogP contribution < -0.4 is 9.47 Å².